The number of ether oxygens (including phenoxy) is 1. The van der Waals surface area contributed by atoms with Crippen LogP contribution in [0.4, 0.5) is 14.5 Å². The smallest absolute Gasteiger partial charge is 0.253 e. The molecule has 1 aromatic rings. The number of aromatic nitrogens is 1. The molecule has 2 unspecified atom stereocenters. The Morgan fingerprint density at radius 1 is 1.53 bits per heavy atom. The van der Waals surface area contributed by atoms with Gasteiger partial charge in [-0.3, -0.25) is 4.79 Å². The van der Waals surface area contributed by atoms with Gasteiger partial charge in [0.15, 0.2) is 0 Å². The minimum atomic E-state index is -1.04. The molecule has 17 heavy (non-hydrogen) atoms. The van der Waals surface area contributed by atoms with Crippen LogP contribution in [0.2, 0.25) is 0 Å². The summed E-state index contributed by atoms with van der Waals surface area (Å²) >= 11 is 0. The van der Waals surface area contributed by atoms with E-state index in [0.717, 1.165) is 18.6 Å². The second kappa shape index (κ2) is 4.75. The first kappa shape index (κ1) is 11.9. The summed E-state index contributed by atoms with van der Waals surface area (Å²) in [6.45, 7) is 2.40. The van der Waals surface area contributed by atoms with Crippen molar-refractivity contribution in [2.45, 2.75) is 19.4 Å². The van der Waals surface area contributed by atoms with Gasteiger partial charge in [0.1, 0.15) is 6.10 Å². The Bertz CT molecular complexity index is 439. The van der Waals surface area contributed by atoms with Crippen LogP contribution in [0, 0.1) is 17.8 Å². The molecule has 1 fully saturated rings. The summed E-state index contributed by atoms with van der Waals surface area (Å²) in [5.41, 5.74) is -0.140. The topological polar surface area (TPSA) is 51.2 Å². The third-order valence-corrected chi connectivity index (χ3v) is 2.72. The quantitative estimate of drug-likeness (QED) is 0.803. The minimum absolute atomic E-state index is 0.0893. The predicted octanol–water partition coefficient (Wildman–Crippen LogP) is 1.72. The third kappa shape index (κ3) is 2.58. The number of rotatable bonds is 2. The van der Waals surface area contributed by atoms with Crippen molar-refractivity contribution in [1.29, 1.82) is 0 Å². The maximum absolute atomic E-state index is 13.2. The van der Waals surface area contributed by atoms with Gasteiger partial charge in [-0.15, -0.1) is 0 Å². The zero-order valence-corrected chi connectivity index (χ0v) is 9.24. The summed E-state index contributed by atoms with van der Waals surface area (Å²) < 4.78 is 31.0. The molecule has 0 saturated carbocycles. The van der Waals surface area contributed by atoms with Crippen molar-refractivity contribution >= 4 is 11.6 Å². The summed E-state index contributed by atoms with van der Waals surface area (Å²) in [7, 11) is 0. The minimum Gasteiger partial charge on any atom is -0.368 e. The van der Waals surface area contributed by atoms with Crippen molar-refractivity contribution in [1.82, 2.24) is 4.98 Å². The first-order valence-corrected chi connectivity index (χ1v) is 5.32. The monoisotopic (exact) mass is 242 g/mol. The molecule has 1 N–H and O–H groups in total. The summed E-state index contributed by atoms with van der Waals surface area (Å²) in [5.74, 6) is -2.30. The predicted molar refractivity (Wildman–Crippen MR) is 56.3 cm³/mol. The number of carbonyl (C=O) groups excluding carboxylic acids is 1. The molecule has 4 nitrogen and oxygen atoms in total. The Morgan fingerprint density at radius 2 is 2.29 bits per heavy atom. The largest absolute Gasteiger partial charge is 0.368 e. The highest BCUT2D eigenvalue weighted by molar-refractivity contribution is 5.94. The molecule has 6 heteroatoms. The molecule has 0 bridgehead atoms. The Labute approximate surface area is 97.0 Å². The molecule has 2 rings (SSSR count). The molecular formula is C11H12F2N2O2. The van der Waals surface area contributed by atoms with Crippen molar-refractivity contribution < 1.29 is 18.3 Å². The van der Waals surface area contributed by atoms with Gasteiger partial charge >= 0.3 is 0 Å². The number of anilines is 1. The van der Waals surface area contributed by atoms with Gasteiger partial charge in [0.2, 0.25) is 11.9 Å². The molecule has 92 valence electrons. The maximum atomic E-state index is 13.2. The van der Waals surface area contributed by atoms with E-state index in [1.54, 1.807) is 0 Å². The average molecular weight is 242 g/mol. The molecule has 0 spiro atoms. The van der Waals surface area contributed by atoms with Crippen molar-refractivity contribution in [3.8, 4) is 0 Å². The maximum Gasteiger partial charge on any atom is 0.253 e. The molecule has 1 aromatic heterocycles. The standard InChI is InChI=1S/C11H12F2N2O2/c1-6-4-5-17-9(6)11(16)14-7-2-3-8(12)15-10(7)13/h2-3,6,9H,4-5H2,1H3,(H,14,16). The van der Waals surface area contributed by atoms with E-state index >= 15 is 0 Å². The second-order valence-corrected chi connectivity index (χ2v) is 4.02. The first-order valence-electron chi connectivity index (χ1n) is 5.32. The lowest BCUT2D eigenvalue weighted by molar-refractivity contribution is -0.126. The van der Waals surface area contributed by atoms with Crippen LogP contribution in [0.25, 0.3) is 0 Å². The number of amides is 1. The van der Waals surface area contributed by atoms with E-state index in [0.29, 0.717) is 6.61 Å². The average Bonchev–Trinajstić information content (AvgIpc) is 2.68. The lowest BCUT2D eigenvalue weighted by atomic mass is 10.0. The van der Waals surface area contributed by atoms with Gasteiger partial charge in [-0.2, -0.15) is 13.8 Å². The van der Waals surface area contributed by atoms with Crippen molar-refractivity contribution in [3.05, 3.63) is 24.0 Å². The van der Waals surface area contributed by atoms with Crippen molar-refractivity contribution in [3.63, 3.8) is 0 Å². The molecule has 2 atom stereocenters. The van der Waals surface area contributed by atoms with Crippen molar-refractivity contribution in [2.24, 2.45) is 5.92 Å². The fourth-order valence-corrected chi connectivity index (χ4v) is 1.74. The zero-order valence-electron chi connectivity index (χ0n) is 9.24. The Kier molecular flexibility index (Phi) is 3.33. The highest BCUT2D eigenvalue weighted by Crippen LogP contribution is 2.22. The van der Waals surface area contributed by atoms with Gasteiger partial charge in [-0.05, 0) is 24.5 Å². The van der Waals surface area contributed by atoms with Gasteiger partial charge in [-0.1, -0.05) is 6.92 Å². The molecule has 1 amide bonds. The van der Waals surface area contributed by atoms with E-state index in [9.17, 15) is 13.6 Å². The van der Waals surface area contributed by atoms with Gasteiger partial charge in [0.25, 0.3) is 5.91 Å². The van der Waals surface area contributed by atoms with E-state index in [2.05, 4.69) is 10.3 Å². The number of halogens is 2. The summed E-state index contributed by atoms with van der Waals surface area (Å²) in [6, 6.07) is 2.12. The van der Waals surface area contributed by atoms with Gasteiger partial charge in [0.05, 0.1) is 5.69 Å². The van der Waals surface area contributed by atoms with Crippen molar-refractivity contribution in [2.75, 3.05) is 11.9 Å². The Balaban J connectivity index is 2.07. The van der Waals surface area contributed by atoms with Gasteiger partial charge in [0, 0.05) is 6.61 Å². The highest BCUT2D eigenvalue weighted by atomic mass is 19.1. The fourth-order valence-electron chi connectivity index (χ4n) is 1.74. The number of carbonyl (C=O) groups is 1. The molecule has 1 saturated heterocycles. The molecule has 0 aromatic carbocycles. The van der Waals surface area contributed by atoms with Crippen LogP contribution in [-0.2, 0) is 9.53 Å². The highest BCUT2D eigenvalue weighted by Gasteiger charge is 2.31. The summed E-state index contributed by atoms with van der Waals surface area (Å²) in [4.78, 5) is 14.7. The first-order chi connectivity index (χ1) is 8.08. The van der Waals surface area contributed by atoms with Gasteiger partial charge < -0.3 is 10.1 Å². The molecule has 0 radical (unpaired) electrons. The number of hydrogen-bond acceptors (Lipinski definition) is 3. The van der Waals surface area contributed by atoms with Crippen LogP contribution in [-0.4, -0.2) is 23.6 Å². The van der Waals surface area contributed by atoms with Crippen LogP contribution >= 0.6 is 0 Å². The lowest BCUT2D eigenvalue weighted by Crippen LogP contribution is -2.31. The lowest BCUT2D eigenvalue weighted by Gasteiger charge is -2.14. The number of nitrogens with zero attached hydrogens (tertiary/aromatic N) is 1. The van der Waals surface area contributed by atoms with Crippen LogP contribution in [0.5, 0.6) is 0 Å². The summed E-state index contributed by atoms with van der Waals surface area (Å²) in [5, 5.41) is 2.34. The van der Waals surface area contributed by atoms with E-state index < -0.39 is 23.9 Å². The molecule has 1 aliphatic rings. The number of nitrogens with one attached hydrogen (secondary N) is 1. The van der Waals surface area contributed by atoms with E-state index in [-0.39, 0.29) is 11.6 Å². The number of pyridine rings is 1. The van der Waals surface area contributed by atoms with Gasteiger partial charge in [-0.25, -0.2) is 0 Å². The van der Waals surface area contributed by atoms with E-state index in [1.807, 2.05) is 6.92 Å². The van der Waals surface area contributed by atoms with Crippen LogP contribution in [0.3, 0.4) is 0 Å². The third-order valence-electron chi connectivity index (χ3n) is 2.72. The van der Waals surface area contributed by atoms with Crippen LogP contribution in [0.15, 0.2) is 12.1 Å². The normalized spacial score (nSPS) is 23.7. The van der Waals surface area contributed by atoms with Crippen LogP contribution in [0.1, 0.15) is 13.3 Å². The zero-order chi connectivity index (χ0) is 12.4. The molecule has 1 aliphatic heterocycles. The Morgan fingerprint density at radius 3 is 2.88 bits per heavy atom. The SMILES string of the molecule is CC1CCOC1C(=O)Nc1ccc(F)nc1F. The Hall–Kier alpha value is -1.56. The summed E-state index contributed by atoms with van der Waals surface area (Å²) in [6.07, 6.45) is 0.210. The van der Waals surface area contributed by atoms with E-state index in [1.165, 1.54) is 0 Å². The van der Waals surface area contributed by atoms with Crippen LogP contribution < -0.4 is 5.32 Å². The molecule has 0 aliphatic carbocycles. The number of hydrogen-bond donors (Lipinski definition) is 1. The molecular weight excluding hydrogens is 230 g/mol. The molecule has 2 heterocycles. The second-order valence-electron chi connectivity index (χ2n) is 4.02. The van der Waals surface area contributed by atoms with E-state index in [4.69, 9.17) is 4.74 Å². The fraction of sp³-hybridized carbons (Fsp3) is 0.455.